The molecule has 6 heteroatoms. The minimum absolute atomic E-state index is 0.0884. The largest absolute Gasteiger partial charge is 0.466 e. The van der Waals surface area contributed by atoms with Crippen LogP contribution in [0.15, 0.2) is 18.2 Å². The summed E-state index contributed by atoms with van der Waals surface area (Å²) in [6, 6.07) is 5.43. The molecule has 1 aromatic heterocycles. The third-order valence-electron chi connectivity index (χ3n) is 2.75. The molecule has 1 amide bonds. The third kappa shape index (κ3) is 3.57. The Morgan fingerprint density at radius 2 is 2.15 bits per heavy atom. The van der Waals surface area contributed by atoms with Crippen LogP contribution < -0.4 is 5.32 Å². The number of ether oxygens (including phenoxy) is 1. The van der Waals surface area contributed by atoms with E-state index in [0.29, 0.717) is 12.3 Å². The number of nitrogens with one attached hydrogen (secondary N) is 2. The second-order valence-corrected chi connectivity index (χ2v) is 4.41. The summed E-state index contributed by atoms with van der Waals surface area (Å²) in [5.74, 6) is 0.252. The Kier molecular flexibility index (Phi) is 4.34. The van der Waals surface area contributed by atoms with Crippen LogP contribution in [0.3, 0.4) is 0 Å². The number of benzene rings is 1. The highest BCUT2D eigenvalue weighted by molar-refractivity contribution is 5.94. The highest BCUT2D eigenvalue weighted by Crippen LogP contribution is 2.17. The minimum atomic E-state index is -0.359. The molecule has 0 bridgehead atoms. The number of carbonyl (C=O) groups is 2. The average molecular weight is 275 g/mol. The fourth-order valence-electron chi connectivity index (χ4n) is 1.89. The lowest BCUT2D eigenvalue weighted by atomic mass is 10.2. The molecule has 0 spiro atoms. The number of amides is 1. The van der Waals surface area contributed by atoms with Crippen LogP contribution in [0, 0.1) is 6.92 Å². The number of anilines is 1. The van der Waals surface area contributed by atoms with Crippen molar-refractivity contribution in [2.45, 2.75) is 26.7 Å². The number of hydrogen-bond donors (Lipinski definition) is 2. The van der Waals surface area contributed by atoms with E-state index in [0.717, 1.165) is 16.9 Å². The molecule has 6 nitrogen and oxygen atoms in total. The van der Waals surface area contributed by atoms with Gasteiger partial charge in [-0.25, -0.2) is 4.98 Å². The topological polar surface area (TPSA) is 84.1 Å². The Morgan fingerprint density at radius 3 is 2.90 bits per heavy atom. The number of H-pyrrole nitrogens is 1. The number of aromatic amines is 1. The van der Waals surface area contributed by atoms with Crippen molar-refractivity contribution in [3.63, 3.8) is 0 Å². The van der Waals surface area contributed by atoms with Crippen LogP contribution in [0.4, 0.5) is 5.69 Å². The Morgan fingerprint density at radius 1 is 1.35 bits per heavy atom. The summed E-state index contributed by atoms with van der Waals surface area (Å²) in [6.45, 7) is 3.94. The molecule has 20 heavy (non-hydrogen) atoms. The van der Waals surface area contributed by atoms with Gasteiger partial charge < -0.3 is 15.0 Å². The number of imidazole rings is 1. The highest BCUT2D eigenvalue weighted by Gasteiger charge is 2.08. The maximum atomic E-state index is 11.7. The first-order chi connectivity index (χ1) is 9.58. The first-order valence-electron chi connectivity index (χ1n) is 6.50. The van der Waals surface area contributed by atoms with E-state index in [1.807, 2.05) is 19.1 Å². The van der Waals surface area contributed by atoms with Gasteiger partial charge in [0.15, 0.2) is 0 Å². The summed E-state index contributed by atoms with van der Waals surface area (Å²) in [7, 11) is 0. The molecule has 2 rings (SSSR count). The molecule has 0 aliphatic rings. The van der Waals surface area contributed by atoms with Crippen LogP contribution in [-0.2, 0) is 14.3 Å². The van der Waals surface area contributed by atoms with E-state index in [4.69, 9.17) is 4.74 Å². The maximum Gasteiger partial charge on any atom is 0.306 e. The molecule has 0 saturated heterocycles. The standard InChI is InChI=1S/C14H17N3O3/c1-3-20-14(19)7-6-13(18)17-10-4-5-11-12(8-10)16-9(2)15-11/h4-5,8H,3,6-7H2,1-2H3,(H,15,16)(H,17,18). The molecule has 1 aromatic carbocycles. The zero-order valence-electron chi connectivity index (χ0n) is 11.5. The second kappa shape index (κ2) is 6.18. The van der Waals surface area contributed by atoms with Crippen molar-refractivity contribution in [2.75, 3.05) is 11.9 Å². The highest BCUT2D eigenvalue weighted by atomic mass is 16.5. The third-order valence-corrected chi connectivity index (χ3v) is 2.75. The van der Waals surface area contributed by atoms with Crippen LogP contribution in [0.25, 0.3) is 11.0 Å². The molecule has 2 N–H and O–H groups in total. The lowest BCUT2D eigenvalue weighted by Gasteiger charge is -2.05. The fourth-order valence-corrected chi connectivity index (χ4v) is 1.89. The summed E-state index contributed by atoms with van der Waals surface area (Å²) in [6.07, 6.45) is 0.198. The van der Waals surface area contributed by atoms with E-state index in [9.17, 15) is 9.59 Å². The summed E-state index contributed by atoms with van der Waals surface area (Å²) in [4.78, 5) is 30.3. The molecule has 0 aliphatic carbocycles. The molecule has 0 atom stereocenters. The zero-order chi connectivity index (χ0) is 14.5. The van der Waals surface area contributed by atoms with Gasteiger partial charge in [0.2, 0.25) is 5.91 Å². The monoisotopic (exact) mass is 275 g/mol. The zero-order valence-corrected chi connectivity index (χ0v) is 11.5. The maximum absolute atomic E-state index is 11.7. The number of fused-ring (bicyclic) bond motifs is 1. The first-order valence-corrected chi connectivity index (χ1v) is 6.50. The molecule has 106 valence electrons. The Hall–Kier alpha value is -2.37. The van der Waals surface area contributed by atoms with Crippen LogP contribution in [-0.4, -0.2) is 28.5 Å². The Labute approximate surface area is 116 Å². The van der Waals surface area contributed by atoms with E-state index in [1.165, 1.54) is 0 Å². The van der Waals surface area contributed by atoms with Crippen molar-refractivity contribution in [1.29, 1.82) is 0 Å². The van der Waals surface area contributed by atoms with Gasteiger partial charge in [-0.15, -0.1) is 0 Å². The van der Waals surface area contributed by atoms with Crippen molar-refractivity contribution in [2.24, 2.45) is 0 Å². The first kappa shape index (κ1) is 14.0. The molecule has 0 fully saturated rings. The van der Waals surface area contributed by atoms with Gasteiger partial charge in [0, 0.05) is 12.1 Å². The molecule has 1 heterocycles. The van der Waals surface area contributed by atoms with Crippen molar-refractivity contribution in [3.8, 4) is 0 Å². The van der Waals surface area contributed by atoms with Crippen LogP contribution in [0.1, 0.15) is 25.6 Å². The lowest BCUT2D eigenvalue weighted by molar-refractivity contribution is -0.144. The predicted molar refractivity (Wildman–Crippen MR) is 75.3 cm³/mol. The van der Waals surface area contributed by atoms with Gasteiger partial charge in [0.25, 0.3) is 0 Å². The van der Waals surface area contributed by atoms with E-state index in [1.54, 1.807) is 13.0 Å². The van der Waals surface area contributed by atoms with Gasteiger partial charge in [-0.3, -0.25) is 9.59 Å². The molecule has 2 aromatic rings. The second-order valence-electron chi connectivity index (χ2n) is 4.41. The quantitative estimate of drug-likeness (QED) is 0.819. The van der Waals surface area contributed by atoms with Gasteiger partial charge in [-0.1, -0.05) is 0 Å². The number of rotatable bonds is 5. The van der Waals surface area contributed by atoms with E-state index in [-0.39, 0.29) is 24.7 Å². The van der Waals surface area contributed by atoms with Crippen LogP contribution in [0.5, 0.6) is 0 Å². The number of hydrogen-bond acceptors (Lipinski definition) is 4. The van der Waals surface area contributed by atoms with Crippen LogP contribution in [0.2, 0.25) is 0 Å². The number of esters is 1. The molecule has 0 radical (unpaired) electrons. The number of aryl methyl sites for hydroxylation is 1. The fraction of sp³-hybridized carbons (Fsp3) is 0.357. The van der Waals surface area contributed by atoms with Gasteiger partial charge in [-0.2, -0.15) is 0 Å². The number of nitrogens with zero attached hydrogens (tertiary/aromatic N) is 1. The number of aromatic nitrogens is 2. The normalized spacial score (nSPS) is 10.5. The van der Waals surface area contributed by atoms with Crippen molar-refractivity contribution >= 4 is 28.6 Å². The van der Waals surface area contributed by atoms with Crippen molar-refractivity contribution in [3.05, 3.63) is 24.0 Å². The average Bonchev–Trinajstić information content (AvgIpc) is 2.76. The summed E-state index contributed by atoms with van der Waals surface area (Å²) < 4.78 is 4.77. The van der Waals surface area contributed by atoms with Gasteiger partial charge in [0.05, 0.1) is 24.1 Å². The van der Waals surface area contributed by atoms with Crippen molar-refractivity contribution in [1.82, 2.24) is 9.97 Å². The van der Waals surface area contributed by atoms with Gasteiger partial charge in [0.1, 0.15) is 5.82 Å². The SMILES string of the molecule is CCOC(=O)CCC(=O)Nc1ccc2nc(C)[nH]c2c1. The van der Waals surface area contributed by atoms with E-state index >= 15 is 0 Å². The van der Waals surface area contributed by atoms with Gasteiger partial charge in [-0.05, 0) is 32.0 Å². The molecular formula is C14H17N3O3. The Bertz CT molecular complexity index is 634. The predicted octanol–water partition coefficient (Wildman–Crippen LogP) is 2.15. The summed E-state index contributed by atoms with van der Waals surface area (Å²) >= 11 is 0. The smallest absolute Gasteiger partial charge is 0.306 e. The van der Waals surface area contributed by atoms with Crippen molar-refractivity contribution < 1.29 is 14.3 Å². The molecule has 0 unspecified atom stereocenters. The number of carbonyl (C=O) groups excluding carboxylic acids is 2. The lowest BCUT2D eigenvalue weighted by Crippen LogP contribution is -2.14. The van der Waals surface area contributed by atoms with Crippen LogP contribution >= 0.6 is 0 Å². The molecular weight excluding hydrogens is 258 g/mol. The van der Waals surface area contributed by atoms with E-state index < -0.39 is 0 Å². The Balaban J connectivity index is 1.93. The molecule has 0 aliphatic heterocycles. The summed E-state index contributed by atoms with van der Waals surface area (Å²) in [5, 5.41) is 2.75. The minimum Gasteiger partial charge on any atom is -0.466 e. The summed E-state index contributed by atoms with van der Waals surface area (Å²) in [5.41, 5.74) is 2.40. The van der Waals surface area contributed by atoms with E-state index in [2.05, 4.69) is 15.3 Å². The van der Waals surface area contributed by atoms with Gasteiger partial charge >= 0.3 is 5.97 Å². The molecule has 0 saturated carbocycles.